The molecule has 1 amide bonds. The Bertz CT molecular complexity index is 883. The summed E-state index contributed by atoms with van der Waals surface area (Å²) in [4.78, 5) is 16.2. The second kappa shape index (κ2) is 8.80. The van der Waals surface area contributed by atoms with E-state index in [9.17, 15) is 9.90 Å². The van der Waals surface area contributed by atoms with Crippen molar-refractivity contribution in [1.29, 1.82) is 0 Å². The zero-order chi connectivity index (χ0) is 20.2. The number of anilines is 2. The molecule has 0 radical (unpaired) electrons. The van der Waals surface area contributed by atoms with Crippen LogP contribution in [0.3, 0.4) is 0 Å². The number of nitrogens with one attached hydrogen (secondary N) is 1. The Kier molecular flexibility index (Phi) is 5.97. The third kappa shape index (κ3) is 5.05. The summed E-state index contributed by atoms with van der Waals surface area (Å²) in [6.45, 7) is 6.64. The third-order valence-corrected chi connectivity index (χ3v) is 5.75. The van der Waals surface area contributed by atoms with Crippen LogP contribution in [0.4, 0.5) is 11.4 Å². The molecule has 2 aromatic rings. The molecule has 152 valence electrons. The molecule has 0 aliphatic carbocycles. The quantitative estimate of drug-likeness (QED) is 0.823. The number of hydrogen-bond donors (Lipinski definition) is 2. The number of aliphatic hydroxyl groups is 1. The fourth-order valence-corrected chi connectivity index (χ4v) is 4.00. The summed E-state index contributed by atoms with van der Waals surface area (Å²) in [5, 5.41) is 13.4. The summed E-state index contributed by atoms with van der Waals surface area (Å²) in [5.41, 5.74) is 5.69. The van der Waals surface area contributed by atoms with E-state index in [0.717, 1.165) is 49.4 Å². The molecule has 0 bridgehead atoms. The van der Waals surface area contributed by atoms with Gasteiger partial charge < -0.3 is 15.3 Å². The molecule has 0 aromatic heterocycles. The molecule has 0 unspecified atom stereocenters. The Morgan fingerprint density at radius 2 is 1.83 bits per heavy atom. The zero-order valence-electron chi connectivity index (χ0n) is 17.0. The van der Waals surface area contributed by atoms with Crippen LogP contribution in [0.1, 0.15) is 23.1 Å². The van der Waals surface area contributed by atoms with E-state index >= 15 is 0 Å². The van der Waals surface area contributed by atoms with Gasteiger partial charge in [0.1, 0.15) is 0 Å². The minimum Gasteiger partial charge on any atom is -0.388 e. The van der Waals surface area contributed by atoms with Crippen molar-refractivity contribution in [3.63, 3.8) is 0 Å². The van der Waals surface area contributed by atoms with E-state index in [4.69, 9.17) is 0 Å². The summed E-state index contributed by atoms with van der Waals surface area (Å²) in [6, 6.07) is 14.7. The van der Waals surface area contributed by atoms with Gasteiger partial charge in [-0.25, -0.2) is 0 Å². The second-order valence-electron chi connectivity index (χ2n) is 8.01. The van der Waals surface area contributed by atoms with Crippen molar-refractivity contribution < 1.29 is 9.90 Å². The van der Waals surface area contributed by atoms with Crippen molar-refractivity contribution >= 4 is 23.4 Å². The maximum absolute atomic E-state index is 11.5. The molecule has 1 atom stereocenters. The predicted molar refractivity (Wildman–Crippen MR) is 118 cm³/mol. The number of piperazine rings is 1. The second-order valence-corrected chi connectivity index (χ2v) is 8.01. The Hall–Kier alpha value is -2.63. The Labute approximate surface area is 172 Å². The van der Waals surface area contributed by atoms with E-state index in [1.54, 1.807) is 0 Å². The number of carbonyl (C=O) groups is 1. The van der Waals surface area contributed by atoms with Crippen molar-refractivity contribution in [2.24, 2.45) is 0 Å². The van der Waals surface area contributed by atoms with E-state index in [0.29, 0.717) is 13.0 Å². The number of rotatable bonds is 5. The smallest absolute Gasteiger partial charge is 0.224 e. The fraction of sp³-hybridized carbons (Fsp3) is 0.375. The number of aryl methyl sites for hydroxylation is 2. The molecule has 1 saturated heterocycles. The van der Waals surface area contributed by atoms with E-state index < -0.39 is 6.10 Å². The average molecular weight is 392 g/mol. The van der Waals surface area contributed by atoms with E-state index in [1.165, 1.54) is 11.3 Å². The van der Waals surface area contributed by atoms with Crippen molar-refractivity contribution in [3.8, 4) is 0 Å². The molecule has 5 nitrogen and oxygen atoms in total. The van der Waals surface area contributed by atoms with Crippen molar-refractivity contribution in [2.45, 2.75) is 25.9 Å². The third-order valence-electron chi connectivity index (χ3n) is 5.75. The SMILES string of the molecule is Cc1ccc(N2CCN(C[C@@H](O)/C=C/c3ccc4c(c3)CCC(=O)N4)CC2)cc1. The van der Waals surface area contributed by atoms with Gasteiger partial charge in [0.05, 0.1) is 6.10 Å². The molecule has 29 heavy (non-hydrogen) atoms. The monoisotopic (exact) mass is 391 g/mol. The lowest BCUT2D eigenvalue weighted by atomic mass is 10.00. The molecular formula is C24H29N3O2. The highest BCUT2D eigenvalue weighted by Gasteiger charge is 2.19. The molecule has 2 aromatic carbocycles. The van der Waals surface area contributed by atoms with Crippen LogP contribution in [0.2, 0.25) is 0 Å². The lowest BCUT2D eigenvalue weighted by Crippen LogP contribution is -2.48. The maximum Gasteiger partial charge on any atom is 0.224 e. The van der Waals surface area contributed by atoms with Gasteiger partial charge in [0.15, 0.2) is 0 Å². The number of benzene rings is 2. The topological polar surface area (TPSA) is 55.8 Å². The average Bonchev–Trinajstić information content (AvgIpc) is 2.73. The standard InChI is InChI=1S/C24H29N3O2/c1-18-2-7-21(8-3-18)27-14-12-26(13-15-27)17-22(28)9-4-19-5-10-23-20(16-19)6-11-24(29)25-23/h2-5,7-10,16,22,28H,6,11-15,17H2,1H3,(H,25,29)/b9-4+/t22-/m0/s1. The highest BCUT2D eigenvalue weighted by atomic mass is 16.3. The van der Waals surface area contributed by atoms with Gasteiger partial charge in [0.2, 0.25) is 5.91 Å². The van der Waals surface area contributed by atoms with Crippen molar-refractivity contribution in [2.75, 3.05) is 42.9 Å². The van der Waals surface area contributed by atoms with Crippen LogP contribution in [0, 0.1) is 6.92 Å². The number of aliphatic hydroxyl groups excluding tert-OH is 1. The largest absolute Gasteiger partial charge is 0.388 e. The Morgan fingerprint density at radius 3 is 2.59 bits per heavy atom. The van der Waals surface area contributed by atoms with Gasteiger partial charge in [-0.15, -0.1) is 0 Å². The highest BCUT2D eigenvalue weighted by molar-refractivity contribution is 5.94. The summed E-state index contributed by atoms with van der Waals surface area (Å²) in [6.07, 6.45) is 4.67. The minimum absolute atomic E-state index is 0.0821. The van der Waals surface area contributed by atoms with Gasteiger partial charge >= 0.3 is 0 Å². The zero-order valence-corrected chi connectivity index (χ0v) is 17.0. The fourth-order valence-electron chi connectivity index (χ4n) is 4.00. The number of amides is 1. The van der Waals surface area contributed by atoms with Crippen LogP contribution in [0.5, 0.6) is 0 Å². The van der Waals surface area contributed by atoms with Crippen LogP contribution in [0.25, 0.3) is 6.08 Å². The van der Waals surface area contributed by atoms with Crippen LogP contribution < -0.4 is 10.2 Å². The first kappa shape index (κ1) is 19.7. The first-order valence-electron chi connectivity index (χ1n) is 10.4. The maximum atomic E-state index is 11.5. The van der Waals surface area contributed by atoms with Crippen molar-refractivity contribution in [3.05, 3.63) is 65.2 Å². The first-order chi connectivity index (χ1) is 14.1. The molecule has 2 aliphatic rings. The van der Waals surface area contributed by atoms with E-state index in [2.05, 4.69) is 52.4 Å². The molecule has 0 spiro atoms. The summed E-state index contributed by atoms with van der Waals surface area (Å²) in [5.74, 6) is 0.0821. The molecule has 5 heteroatoms. The first-order valence-corrected chi connectivity index (χ1v) is 10.4. The number of hydrogen-bond acceptors (Lipinski definition) is 4. The highest BCUT2D eigenvalue weighted by Crippen LogP contribution is 2.24. The molecule has 2 N–H and O–H groups in total. The Morgan fingerprint density at radius 1 is 1.07 bits per heavy atom. The minimum atomic E-state index is -0.489. The molecule has 1 fully saturated rings. The van der Waals surface area contributed by atoms with Gasteiger partial charge in [-0.05, 0) is 48.7 Å². The summed E-state index contributed by atoms with van der Waals surface area (Å²) >= 11 is 0. The molecule has 4 rings (SSSR count). The van der Waals surface area contributed by atoms with Crippen LogP contribution in [-0.2, 0) is 11.2 Å². The molecule has 2 aliphatic heterocycles. The van der Waals surface area contributed by atoms with Gasteiger partial charge in [-0.3, -0.25) is 9.69 Å². The van der Waals surface area contributed by atoms with Crippen LogP contribution in [0.15, 0.2) is 48.5 Å². The Balaban J connectivity index is 1.27. The molecule has 0 saturated carbocycles. The predicted octanol–water partition coefficient (Wildman–Crippen LogP) is 3.08. The number of nitrogens with zero attached hydrogens (tertiary/aromatic N) is 2. The van der Waals surface area contributed by atoms with Crippen LogP contribution >= 0.6 is 0 Å². The van der Waals surface area contributed by atoms with Gasteiger partial charge in [0, 0.05) is 50.5 Å². The van der Waals surface area contributed by atoms with Gasteiger partial charge in [-0.1, -0.05) is 35.9 Å². The van der Waals surface area contributed by atoms with Gasteiger partial charge in [0.25, 0.3) is 0 Å². The van der Waals surface area contributed by atoms with Gasteiger partial charge in [-0.2, -0.15) is 0 Å². The lowest BCUT2D eigenvalue weighted by molar-refractivity contribution is -0.116. The lowest BCUT2D eigenvalue weighted by Gasteiger charge is -2.36. The summed E-state index contributed by atoms with van der Waals surface area (Å²) < 4.78 is 0. The number of fused-ring (bicyclic) bond motifs is 1. The number of β-amino-alcohol motifs (C(OH)–C–C–N with tert-alkyl or cyclic N) is 1. The molecule has 2 heterocycles. The van der Waals surface area contributed by atoms with E-state index in [1.807, 2.05) is 24.3 Å². The van der Waals surface area contributed by atoms with Crippen molar-refractivity contribution in [1.82, 2.24) is 4.90 Å². The van der Waals surface area contributed by atoms with E-state index in [-0.39, 0.29) is 5.91 Å². The van der Waals surface area contributed by atoms with Crippen LogP contribution in [-0.4, -0.2) is 54.7 Å². The summed E-state index contributed by atoms with van der Waals surface area (Å²) in [7, 11) is 0. The number of carbonyl (C=O) groups excluding carboxylic acids is 1. The molecular weight excluding hydrogens is 362 g/mol. The normalized spacial score (nSPS) is 18.6.